The summed E-state index contributed by atoms with van der Waals surface area (Å²) in [5, 5.41) is 20.0. The molecule has 1 fully saturated rings. The molecule has 3 unspecified atom stereocenters. The third-order valence-electron chi connectivity index (χ3n) is 9.32. The van der Waals surface area contributed by atoms with E-state index in [4.69, 9.17) is 0 Å². The average molecular weight is 627 g/mol. The molecule has 3 aromatic carbocycles. The van der Waals surface area contributed by atoms with Crippen LogP contribution in [0, 0.1) is 5.92 Å². The Kier molecular flexibility index (Phi) is 7.65. The van der Waals surface area contributed by atoms with E-state index in [2.05, 4.69) is 122 Å². The maximum atomic E-state index is 14.4. The van der Waals surface area contributed by atoms with Gasteiger partial charge in [0.2, 0.25) is 5.91 Å². The van der Waals surface area contributed by atoms with E-state index in [1.165, 1.54) is 11.3 Å². The van der Waals surface area contributed by atoms with Crippen LogP contribution in [0.25, 0.3) is 10.3 Å². The van der Waals surface area contributed by atoms with E-state index in [0.717, 1.165) is 31.9 Å². The number of nitrogens with zero attached hydrogens (tertiary/aromatic N) is 4. The van der Waals surface area contributed by atoms with Crippen LogP contribution in [0.1, 0.15) is 48.4 Å². The Morgan fingerprint density at radius 3 is 1.81 bits per heavy atom. The number of aliphatic hydroxyl groups excluding tert-OH is 1. The summed E-state index contributed by atoms with van der Waals surface area (Å²) < 4.78 is 3.26. The van der Waals surface area contributed by atoms with E-state index in [9.17, 15) is 9.90 Å². The van der Waals surface area contributed by atoms with Crippen molar-refractivity contribution in [3.63, 3.8) is 0 Å². The third-order valence-corrected chi connectivity index (χ3v) is 17.8. The summed E-state index contributed by atoms with van der Waals surface area (Å²) in [6.07, 6.45) is -0.953. The molecule has 43 heavy (non-hydrogen) atoms. The van der Waals surface area contributed by atoms with Crippen molar-refractivity contribution in [2.75, 3.05) is 0 Å². The summed E-state index contributed by atoms with van der Waals surface area (Å²) in [7, 11) is -0.492. The number of rotatable bonds is 8. The van der Waals surface area contributed by atoms with Gasteiger partial charge in [0.1, 0.15) is 6.10 Å². The number of hydrogen-bond acceptors (Lipinski definition) is 6. The zero-order valence-electron chi connectivity index (χ0n) is 25.4. The number of benzene rings is 3. The van der Waals surface area contributed by atoms with Gasteiger partial charge in [-0.15, -0.1) is 28.2 Å². The normalized spacial score (nSPS) is 18.6. The van der Waals surface area contributed by atoms with Gasteiger partial charge in [0.15, 0.2) is 13.1 Å². The van der Waals surface area contributed by atoms with E-state index >= 15 is 0 Å². The second kappa shape index (κ2) is 11.0. The van der Waals surface area contributed by atoms with Gasteiger partial charge < -0.3 is 9.67 Å². The highest BCUT2D eigenvalue weighted by Crippen LogP contribution is 2.59. The summed E-state index contributed by atoms with van der Waals surface area (Å²) in [6, 6.07) is 33.6. The molecule has 1 saturated heterocycles. The van der Waals surface area contributed by atoms with Crippen LogP contribution in [-0.4, -0.2) is 44.2 Å². The molecule has 1 aliphatic rings. The molecule has 0 aliphatic carbocycles. The molecule has 222 valence electrons. The average Bonchev–Trinajstić information content (AvgIpc) is 3.58. The number of aromatic nitrogens is 3. The highest BCUT2D eigenvalue weighted by molar-refractivity contribution is 8.01. The molecule has 2 aromatic heterocycles. The summed E-state index contributed by atoms with van der Waals surface area (Å²) in [5.41, 5.74) is 4.27. The molecular formula is C34H38N4O2S2Si. The molecule has 6 nitrogen and oxygen atoms in total. The minimum atomic E-state index is -2.34. The van der Waals surface area contributed by atoms with Gasteiger partial charge in [0.25, 0.3) is 0 Å². The summed E-state index contributed by atoms with van der Waals surface area (Å²) in [6.45, 7) is 11.3. The van der Waals surface area contributed by atoms with Crippen LogP contribution < -0.4 is 0 Å². The van der Waals surface area contributed by atoms with Gasteiger partial charge in [0, 0.05) is 11.9 Å². The molecule has 5 aromatic rings. The van der Waals surface area contributed by atoms with Crippen molar-refractivity contribution in [2.45, 2.75) is 55.1 Å². The van der Waals surface area contributed by atoms with Crippen LogP contribution in [-0.2, 0) is 16.6 Å². The van der Waals surface area contributed by atoms with Crippen LogP contribution in [0.5, 0.6) is 0 Å². The molecule has 9 heteroatoms. The largest absolute Gasteiger partial charge is 0.387 e. The van der Waals surface area contributed by atoms with Gasteiger partial charge in [-0.05, 0) is 27.8 Å². The van der Waals surface area contributed by atoms with Crippen molar-refractivity contribution in [1.82, 2.24) is 19.6 Å². The zero-order chi connectivity index (χ0) is 30.6. The van der Waals surface area contributed by atoms with Crippen molar-refractivity contribution in [3.05, 3.63) is 119 Å². The molecule has 0 bridgehead atoms. The second-order valence-corrected chi connectivity index (χ2v) is 20.3. The number of aryl methyl sites for hydroxylation is 1. The van der Waals surface area contributed by atoms with Crippen LogP contribution in [0.4, 0.5) is 0 Å². The van der Waals surface area contributed by atoms with Crippen LogP contribution in [0.3, 0.4) is 0 Å². The number of fused-ring (bicyclic) bond motifs is 1. The minimum Gasteiger partial charge on any atom is -0.387 e. The van der Waals surface area contributed by atoms with Crippen LogP contribution in [0.2, 0.25) is 18.1 Å². The van der Waals surface area contributed by atoms with Crippen molar-refractivity contribution in [1.29, 1.82) is 0 Å². The quantitative estimate of drug-likeness (QED) is 0.109. The molecular weight excluding hydrogens is 589 g/mol. The molecule has 1 aliphatic heterocycles. The number of hydrogen-bond donors (Lipinski definition) is 1. The van der Waals surface area contributed by atoms with E-state index in [0.29, 0.717) is 0 Å². The first-order valence-corrected chi connectivity index (χ1v) is 19.3. The molecule has 3 heterocycles. The second-order valence-electron chi connectivity index (χ2n) is 12.8. The standard InChI is InChI=1S/C34H38N4O2S2Si/c1-33(2,3)43(5,6)38-31(40)28(29(39)27-22-26-30(41-27)35-36-37(26)4)32(38)42-34(23-16-10-7-11-17-23,24-18-12-8-13-19-24)25-20-14-9-15-21-25/h7-22,28-29,32,39H,1-6H3. The molecule has 0 radical (unpaired) electrons. The predicted molar refractivity (Wildman–Crippen MR) is 179 cm³/mol. The molecule has 0 spiro atoms. The third kappa shape index (κ3) is 4.86. The Bertz CT molecular complexity index is 1640. The van der Waals surface area contributed by atoms with E-state index in [-0.39, 0.29) is 16.3 Å². The van der Waals surface area contributed by atoms with Crippen molar-refractivity contribution >= 4 is 47.6 Å². The van der Waals surface area contributed by atoms with Gasteiger partial charge in [-0.25, -0.2) is 4.68 Å². The Balaban J connectivity index is 1.54. The Hall–Kier alpha value is -3.24. The first kappa shape index (κ1) is 29.8. The fourth-order valence-electron chi connectivity index (χ4n) is 5.93. The fourth-order valence-corrected chi connectivity index (χ4v) is 11.9. The number of thioether (sulfide) groups is 1. The van der Waals surface area contributed by atoms with Crippen LogP contribution >= 0.6 is 23.1 Å². The number of amides is 1. The van der Waals surface area contributed by atoms with Gasteiger partial charge in [-0.3, -0.25) is 4.79 Å². The van der Waals surface area contributed by atoms with Crippen molar-refractivity contribution in [3.8, 4) is 0 Å². The number of aliphatic hydroxyl groups is 1. The smallest absolute Gasteiger partial charge is 0.224 e. The fraction of sp³-hybridized carbons (Fsp3) is 0.324. The Morgan fingerprint density at radius 1 is 0.884 bits per heavy atom. The first-order chi connectivity index (χ1) is 20.5. The molecule has 1 amide bonds. The highest BCUT2D eigenvalue weighted by atomic mass is 32.2. The number of β-lactam (4-membered cyclic amide) rings is 1. The maximum absolute atomic E-state index is 14.4. The monoisotopic (exact) mass is 626 g/mol. The van der Waals surface area contributed by atoms with Crippen molar-refractivity contribution in [2.24, 2.45) is 13.0 Å². The zero-order valence-corrected chi connectivity index (χ0v) is 28.1. The van der Waals surface area contributed by atoms with E-state index < -0.39 is 25.0 Å². The molecule has 1 N–H and O–H groups in total. The number of thiophene rings is 1. The lowest BCUT2D eigenvalue weighted by Crippen LogP contribution is -2.73. The van der Waals surface area contributed by atoms with Gasteiger partial charge in [-0.2, -0.15) is 0 Å². The number of carbonyl (C=O) groups is 1. The van der Waals surface area contributed by atoms with Crippen molar-refractivity contribution < 1.29 is 9.90 Å². The highest BCUT2D eigenvalue weighted by Gasteiger charge is 2.62. The Morgan fingerprint density at radius 2 is 1.37 bits per heavy atom. The number of carbonyl (C=O) groups excluding carboxylic acids is 1. The molecule has 3 atom stereocenters. The van der Waals surface area contributed by atoms with E-state index in [1.54, 1.807) is 16.4 Å². The predicted octanol–water partition coefficient (Wildman–Crippen LogP) is 7.58. The minimum absolute atomic E-state index is 0.0308. The molecule has 6 rings (SSSR count). The lowest BCUT2D eigenvalue weighted by molar-refractivity contribution is -0.150. The van der Waals surface area contributed by atoms with Crippen LogP contribution in [0.15, 0.2) is 97.1 Å². The van der Waals surface area contributed by atoms with Gasteiger partial charge in [0.05, 0.1) is 21.6 Å². The summed E-state index contributed by atoms with van der Waals surface area (Å²) in [4.78, 5) is 15.9. The lowest BCUT2D eigenvalue weighted by atomic mass is 9.84. The SMILES string of the molecule is Cn1nnc2sc(C(O)C3C(=O)N([Si](C)(C)C(C)(C)C)C3SC(c3ccccc3)(c3ccccc3)c3ccccc3)cc21. The van der Waals surface area contributed by atoms with E-state index in [1.807, 2.05) is 31.3 Å². The molecule has 0 saturated carbocycles. The maximum Gasteiger partial charge on any atom is 0.224 e. The lowest BCUT2D eigenvalue weighted by Gasteiger charge is -2.60. The first-order valence-electron chi connectivity index (χ1n) is 14.6. The summed E-state index contributed by atoms with van der Waals surface area (Å²) >= 11 is 3.20. The Labute approximate surface area is 262 Å². The van der Waals surface area contributed by atoms with Gasteiger partial charge in [-0.1, -0.05) is 130 Å². The topological polar surface area (TPSA) is 71.2 Å². The van der Waals surface area contributed by atoms with Gasteiger partial charge >= 0.3 is 0 Å². The summed E-state index contributed by atoms with van der Waals surface area (Å²) in [5.74, 6) is -0.570.